The van der Waals surface area contributed by atoms with Crippen LogP contribution >= 0.6 is 11.6 Å². The van der Waals surface area contributed by atoms with Crippen molar-refractivity contribution < 1.29 is 13.9 Å². The molecule has 2 aromatic carbocycles. The lowest BCUT2D eigenvalue weighted by Crippen LogP contribution is -2.34. The lowest BCUT2D eigenvalue weighted by molar-refractivity contribution is 0.0659. The van der Waals surface area contributed by atoms with Crippen LogP contribution in [-0.2, 0) is 11.3 Å². The smallest absolute Gasteiger partial charge is 0.336 e. The van der Waals surface area contributed by atoms with E-state index in [4.69, 9.17) is 25.5 Å². The largest absolute Gasteiger partial charge is 0.476 e. The average Bonchev–Trinajstić information content (AvgIpc) is 2.67. The Morgan fingerprint density at radius 3 is 2.81 bits per heavy atom. The van der Waals surface area contributed by atoms with E-state index in [9.17, 15) is 4.79 Å². The molecule has 0 atom stereocenters. The standard InChI is InChI=1S/C20H18ClNO4/c1-24-8-7-22-11-16-19-15(9-17(21)20(16)25-12-22)14(10-18(23)26-19)13-5-3-2-4-6-13/h2-6,9-10H,7-8,11-12H2,1H3. The molecular weight excluding hydrogens is 354 g/mol. The fourth-order valence-electron chi connectivity index (χ4n) is 3.26. The predicted octanol–water partition coefficient (Wildman–Crippen LogP) is 3.91. The highest BCUT2D eigenvalue weighted by atomic mass is 35.5. The zero-order chi connectivity index (χ0) is 18.1. The number of hydrogen-bond acceptors (Lipinski definition) is 5. The highest BCUT2D eigenvalue weighted by Crippen LogP contribution is 2.41. The molecule has 0 radical (unpaired) electrons. The molecule has 5 nitrogen and oxygen atoms in total. The van der Waals surface area contributed by atoms with Crippen LogP contribution in [0.3, 0.4) is 0 Å². The van der Waals surface area contributed by atoms with Gasteiger partial charge in [-0.25, -0.2) is 4.79 Å². The summed E-state index contributed by atoms with van der Waals surface area (Å²) in [6.07, 6.45) is 0. The predicted molar refractivity (Wildman–Crippen MR) is 101 cm³/mol. The minimum Gasteiger partial charge on any atom is -0.476 e. The van der Waals surface area contributed by atoms with Crippen molar-refractivity contribution in [2.24, 2.45) is 0 Å². The summed E-state index contributed by atoms with van der Waals surface area (Å²) in [5.41, 5.74) is 2.67. The average molecular weight is 372 g/mol. The molecule has 3 aromatic rings. The van der Waals surface area contributed by atoms with Crippen molar-refractivity contribution >= 4 is 22.6 Å². The number of halogens is 1. The molecule has 134 valence electrons. The molecule has 0 unspecified atom stereocenters. The number of benzene rings is 2. The summed E-state index contributed by atoms with van der Waals surface area (Å²) < 4.78 is 16.6. The normalized spacial score (nSPS) is 14.2. The van der Waals surface area contributed by atoms with Crippen molar-refractivity contribution in [3.05, 3.63) is 63.5 Å². The topological polar surface area (TPSA) is 51.9 Å². The van der Waals surface area contributed by atoms with Gasteiger partial charge in [0.15, 0.2) is 0 Å². The van der Waals surface area contributed by atoms with E-state index in [0.29, 0.717) is 42.8 Å². The Kier molecular flexibility index (Phi) is 4.68. The molecule has 6 heteroatoms. The Bertz CT molecular complexity index is 1000. The second-order valence-electron chi connectivity index (χ2n) is 6.21. The summed E-state index contributed by atoms with van der Waals surface area (Å²) in [5, 5.41) is 1.32. The van der Waals surface area contributed by atoms with E-state index in [0.717, 1.165) is 22.1 Å². The van der Waals surface area contributed by atoms with E-state index >= 15 is 0 Å². The van der Waals surface area contributed by atoms with Crippen LogP contribution in [0.1, 0.15) is 5.56 Å². The second-order valence-corrected chi connectivity index (χ2v) is 6.61. The number of fused-ring (bicyclic) bond motifs is 3. The molecule has 2 heterocycles. The van der Waals surface area contributed by atoms with Gasteiger partial charge in [-0.1, -0.05) is 41.9 Å². The van der Waals surface area contributed by atoms with Crippen molar-refractivity contribution in [3.8, 4) is 16.9 Å². The van der Waals surface area contributed by atoms with Crippen LogP contribution in [0.25, 0.3) is 22.1 Å². The molecular formula is C20H18ClNO4. The minimum absolute atomic E-state index is 0.394. The third kappa shape index (κ3) is 3.09. The Hall–Kier alpha value is -2.34. The summed E-state index contributed by atoms with van der Waals surface area (Å²) >= 11 is 6.48. The maximum absolute atomic E-state index is 12.2. The van der Waals surface area contributed by atoms with Gasteiger partial charge >= 0.3 is 5.63 Å². The van der Waals surface area contributed by atoms with E-state index in [1.807, 2.05) is 36.4 Å². The molecule has 1 aromatic heterocycles. The monoisotopic (exact) mass is 371 g/mol. The van der Waals surface area contributed by atoms with Crippen LogP contribution in [0.2, 0.25) is 5.02 Å². The van der Waals surface area contributed by atoms with Gasteiger partial charge in [0.1, 0.15) is 18.1 Å². The van der Waals surface area contributed by atoms with Crippen molar-refractivity contribution in [2.75, 3.05) is 27.0 Å². The van der Waals surface area contributed by atoms with Crippen molar-refractivity contribution in [3.63, 3.8) is 0 Å². The van der Waals surface area contributed by atoms with Crippen LogP contribution < -0.4 is 10.4 Å². The Morgan fingerprint density at radius 2 is 2.04 bits per heavy atom. The van der Waals surface area contributed by atoms with E-state index in [1.54, 1.807) is 7.11 Å². The van der Waals surface area contributed by atoms with Gasteiger partial charge in [0, 0.05) is 31.7 Å². The Morgan fingerprint density at radius 1 is 1.23 bits per heavy atom. The zero-order valence-electron chi connectivity index (χ0n) is 14.3. The molecule has 0 saturated carbocycles. The first-order chi connectivity index (χ1) is 12.7. The minimum atomic E-state index is -0.394. The van der Waals surface area contributed by atoms with Crippen molar-refractivity contribution in [1.29, 1.82) is 0 Å². The molecule has 4 rings (SSSR count). The quantitative estimate of drug-likeness (QED) is 0.651. The summed E-state index contributed by atoms with van der Waals surface area (Å²) in [5.74, 6) is 0.584. The van der Waals surface area contributed by atoms with Gasteiger partial charge in [-0.2, -0.15) is 0 Å². The first kappa shape index (κ1) is 17.1. The van der Waals surface area contributed by atoms with Crippen LogP contribution in [0.5, 0.6) is 5.75 Å². The number of hydrogen-bond donors (Lipinski definition) is 0. The number of nitrogens with zero attached hydrogens (tertiary/aromatic N) is 1. The molecule has 0 N–H and O–H groups in total. The van der Waals surface area contributed by atoms with Gasteiger partial charge in [-0.05, 0) is 17.2 Å². The van der Waals surface area contributed by atoms with E-state index in [-0.39, 0.29) is 0 Å². The van der Waals surface area contributed by atoms with Crippen LogP contribution in [0.15, 0.2) is 51.7 Å². The summed E-state index contributed by atoms with van der Waals surface area (Å²) in [6, 6.07) is 13.1. The molecule has 26 heavy (non-hydrogen) atoms. The third-order valence-electron chi connectivity index (χ3n) is 4.51. The molecule has 0 fully saturated rings. The fraction of sp³-hybridized carbons (Fsp3) is 0.250. The lowest BCUT2D eigenvalue weighted by Gasteiger charge is -2.29. The maximum Gasteiger partial charge on any atom is 0.336 e. The van der Waals surface area contributed by atoms with Gasteiger partial charge in [-0.3, -0.25) is 4.90 Å². The second kappa shape index (κ2) is 7.11. The molecule has 0 bridgehead atoms. The van der Waals surface area contributed by atoms with Gasteiger partial charge in [0.25, 0.3) is 0 Å². The molecule has 0 aliphatic carbocycles. The third-order valence-corrected chi connectivity index (χ3v) is 4.79. The van der Waals surface area contributed by atoms with E-state index < -0.39 is 5.63 Å². The summed E-state index contributed by atoms with van der Waals surface area (Å²) in [6.45, 7) is 2.31. The maximum atomic E-state index is 12.2. The molecule has 0 amide bonds. The summed E-state index contributed by atoms with van der Waals surface area (Å²) in [4.78, 5) is 14.3. The van der Waals surface area contributed by atoms with E-state index in [2.05, 4.69) is 4.90 Å². The first-order valence-electron chi connectivity index (χ1n) is 8.36. The van der Waals surface area contributed by atoms with E-state index in [1.165, 1.54) is 6.07 Å². The number of methoxy groups -OCH3 is 1. The lowest BCUT2D eigenvalue weighted by atomic mass is 9.99. The van der Waals surface area contributed by atoms with Gasteiger partial charge < -0.3 is 13.9 Å². The fourth-order valence-corrected chi connectivity index (χ4v) is 3.53. The number of rotatable bonds is 4. The highest BCUT2D eigenvalue weighted by Gasteiger charge is 2.25. The highest BCUT2D eigenvalue weighted by molar-refractivity contribution is 6.33. The van der Waals surface area contributed by atoms with Gasteiger partial charge in [0.05, 0.1) is 17.2 Å². The molecule has 0 spiro atoms. The van der Waals surface area contributed by atoms with Gasteiger partial charge in [-0.15, -0.1) is 0 Å². The SMILES string of the molecule is COCCN1COc2c(Cl)cc3c(-c4ccccc4)cc(=O)oc3c2C1. The van der Waals surface area contributed by atoms with Crippen LogP contribution in [-0.4, -0.2) is 31.9 Å². The number of ether oxygens (including phenoxy) is 2. The van der Waals surface area contributed by atoms with Crippen LogP contribution in [0, 0.1) is 0 Å². The van der Waals surface area contributed by atoms with Crippen molar-refractivity contribution in [2.45, 2.75) is 6.54 Å². The Labute approximate surface area is 155 Å². The van der Waals surface area contributed by atoms with Crippen molar-refractivity contribution in [1.82, 2.24) is 4.90 Å². The zero-order valence-corrected chi connectivity index (χ0v) is 15.1. The molecule has 1 aliphatic rings. The molecule has 0 saturated heterocycles. The van der Waals surface area contributed by atoms with Crippen LogP contribution in [0.4, 0.5) is 0 Å². The first-order valence-corrected chi connectivity index (χ1v) is 8.74. The van der Waals surface area contributed by atoms with Gasteiger partial charge in [0.2, 0.25) is 0 Å². The molecule has 1 aliphatic heterocycles. The summed E-state index contributed by atoms with van der Waals surface area (Å²) in [7, 11) is 1.66. The Balaban J connectivity index is 1.91.